The Morgan fingerprint density at radius 3 is 2.70 bits per heavy atom. The molecule has 0 saturated heterocycles. The van der Waals surface area contributed by atoms with Crippen LogP contribution in [-0.4, -0.2) is 32.4 Å². The SMILES string of the molecule is CC(C)Oc1ccc(-n2nnnc2CNC2CC2)cc1. The van der Waals surface area contributed by atoms with Crippen molar-refractivity contribution in [3.8, 4) is 11.4 Å². The van der Waals surface area contributed by atoms with Gasteiger partial charge in [-0.05, 0) is 61.4 Å². The van der Waals surface area contributed by atoms with E-state index >= 15 is 0 Å². The minimum Gasteiger partial charge on any atom is -0.491 e. The van der Waals surface area contributed by atoms with E-state index in [0.717, 1.165) is 17.3 Å². The zero-order valence-electron chi connectivity index (χ0n) is 11.8. The predicted molar refractivity (Wildman–Crippen MR) is 74.8 cm³/mol. The van der Waals surface area contributed by atoms with Gasteiger partial charge in [-0.1, -0.05) is 0 Å². The van der Waals surface area contributed by atoms with Crippen LogP contribution in [0.5, 0.6) is 5.75 Å². The van der Waals surface area contributed by atoms with Gasteiger partial charge in [-0.3, -0.25) is 0 Å². The molecule has 6 nitrogen and oxygen atoms in total. The van der Waals surface area contributed by atoms with Gasteiger partial charge in [0, 0.05) is 6.04 Å². The molecule has 0 spiro atoms. The maximum absolute atomic E-state index is 5.63. The molecular weight excluding hydrogens is 254 g/mol. The molecule has 0 bridgehead atoms. The summed E-state index contributed by atoms with van der Waals surface area (Å²) in [4.78, 5) is 0. The molecule has 0 atom stereocenters. The van der Waals surface area contributed by atoms with Crippen molar-refractivity contribution in [2.75, 3.05) is 0 Å². The summed E-state index contributed by atoms with van der Waals surface area (Å²) < 4.78 is 7.39. The molecule has 6 heteroatoms. The summed E-state index contributed by atoms with van der Waals surface area (Å²) in [6, 6.07) is 8.45. The van der Waals surface area contributed by atoms with Crippen LogP contribution in [-0.2, 0) is 6.54 Å². The largest absolute Gasteiger partial charge is 0.491 e. The smallest absolute Gasteiger partial charge is 0.170 e. The highest BCUT2D eigenvalue weighted by molar-refractivity contribution is 5.37. The standard InChI is InChI=1S/C14H19N5O/c1-10(2)20-13-7-5-12(6-8-13)19-14(16-17-18-19)9-15-11-3-4-11/h5-8,10-11,15H,3-4,9H2,1-2H3. The number of nitrogens with zero attached hydrogens (tertiary/aromatic N) is 4. The van der Waals surface area contributed by atoms with Crippen LogP contribution in [0, 0.1) is 0 Å². The lowest BCUT2D eigenvalue weighted by Gasteiger charge is -2.10. The van der Waals surface area contributed by atoms with Crippen LogP contribution in [0.3, 0.4) is 0 Å². The first-order chi connectivity index (χ1) is 9.72. The van der Waals surface area contributed by atoms with E-state index in [1.54, 1.807) is 4.68 Å². The van der Waals surface area contributed by atoms with E-state index in [9.17, 15) is 0 Å². The number of tetrazole rings is 1. The van der Waals surface area contributed by atoms with Gasteiger partial charge >= 0.3 is 0 Å². The van der Waals surface area contributed by atoms with Gasteiger partial charge in [-0.15, -0.1) is 5.10 Å². The van der Waals surface area contributed by atoms with E-state index in [0.29, 0.717) is 12.6 Å². The van der Waals surface area contributed by atoms with Crippen molar-refractivity contribution in [2.24, 2.45) is 0 Å². The second kappa shape index (κ2) is 5.58. The number of hydrogen-bond donors (Lipinski definition) is 1. The van der Waals surface area contributed by atoms with Crippen LogP contribution in [0.25, 0.3) is 5.69 Å². The first-order valence-corrected chi connectivity index (χ1v) is 7.00. The minimum absolute atomic E-state index is 0.173. The zero-order chi connectivity index (χ0) is 13.9. The highest BCUT2D eigenvalue weighted by Crippen LogP contribution is 2.20. The Kier molecular flexibility index (Phi) is 3.64. The molecule has 1 saturated carbocycles. The third-order valence-electron chi connectivity index (χ3n) is 3.11. The van der Waals surface area contributed by atoms with Crippen LogP contribution in [0.2, 0.25) is 0 Å². The van der Waals surface area contributed by atoms with Crippen molar-refractivity contribution in [2.45, 2.75) is 45.4 Å². The highest BCUT2D eigenvalue weighted by atomic mass is 16.5. The van der Waals surface area contributed by atoms with Crippen molar-refractivity contribution < 1.29 is 4.74 Å². The van der Waals surface area contributed by atoms with Crippen LogP contribution in [0.4, 0.5) is 0 Å². The van der Waals surface area contributed by atoms with Crippen LogP contribution in [0.1, 0.15) is 32.5 Å². The number of benzene rings is 1. The molecular formula is C14H19N5O. The van der Waals surface area contributed by atoms with Gasteiger partial charge < -0.3 is 10.1 Å². The lowest BCUT2D eigenvalue weighted by molar-refractivity contribution is 0.242. The molecule has 1 fully saturated rings. The molecule has 0 radical (unpaired) electrons. The number of ether oxygens (including phenoxy) is 1. The molecule has 1 aliphatic carbocycles. The highest BCUT2D eigenvalue weighted by Gasteiger charge is 2.21. The summed E-state index contributed by atoms with van der Waals surface area (Å²) in [6.45, 7) is 4.72. The van der Waals surface area contributed by atoms with Crippen LogP contribution >= 0.6 is 0 Å². The second-order valence-electron chi connectivity index (χ2n) is 5.32. The Balaban J connectivity index is 1.72. The van der Waals surface area contributed by atoms with E-state index in [2.05, 4.69) is 20.8 Å². The molecule has 3 rings (SSSR count). The first-order valence-electron chi connectivity index (χ1n) is 7.00. The molecule has 1 aromatic carbocycles. The fourth-order valence-corrected chi connectivity index (χ4v) is 1.98. The lowest BCUT2D eigenvalue weighted by atomic mass is 10.3. The monoisotopic (exact) mass is 273 g/mol. The molecule has 1 heterocycles. The molecule has 0 unspecified atom stereocenters. The third kappa shape index (κ3) is 3.14. The Morgan fingerprint density at radius 1 is 1.30 bits per heavy atom. The summed E-state index contributed by atoms with van der Waals surface area (Å²) in [7, 11) is 0. The first kappa shape index (κ1) is 13.1. The van der Waals surface area contributed by atoms with Gasteiger partial charge in [0.25, 0.3) is 0 Å². The maximum Gasteiger partial charge on any atom is 0.170 e. The third-order valence-corrected chi connectivity index (χ3v) is 3.11. The van der Waals surface area contributed by atoms with E-state index in [1.165, 1.54) is 12.8 Å². The molecule has 106 valence electrons. The van der Waals surface area contributed by atoms with E-state index in [4.69, 9.17) is 4.74 Å². The second-order valence-corrected chi connectivity index (χ2v) is 5.32. The molecule has 2 aromatic rings. The van der Waals surface area contributed by atoms with Gasteiger partial charge in [-0.25, -0.2) is 0 Å². The number of nitrogens with one attached hydrogen (secondary N) is 1. The van der Waals surface area contributed by atoms with Gasteiger partial charge in [0.05, 0.1) is 18.3 Å². The minimum atomic E-state index is 0.173. The summed E-state index contributed by atoms with van der Waals surface area (Å²) in [6.07, 6.45) is 2.68. The molecule has 0 aliphatic heterocycles. The van der Waals surface area contributed by atoms with E-state index in [-0.39, 0.29) is 6.10 Å². The number of rotatable bonds is 6. The van der Waals surface area contributed by atoms with Crippen molar-refractivity contribution in [3.63, 3.8) is 0 Å². The molecule has 1 N–H and O–H groups in total. The lowest BCUT2D eigenvalue weighted by Crippen LogP contribution is -2.18. The molecule has 1 aromatic heterocycles. The Hall–Kier alpha value is -1.95. The van der Waals surface area contributed by atoms with Crippen LogP contribution in [0.15, 0.2) is 24.3 Å². The van der Waals surface area contributed by atoms with Crippen molar-refractivity contribution in [1.82, 2.24) is 25.5 Å². The van der Waals surface area contributed by atoms with E-state index < -0.39 is 0 Å². The number of aromatic nitrogens is 4. The normalized spacial score (nSPS) is 14.8. The summed E-state index contributed by atoms with van der Waals surface area (Å²) >= 11 is 0. The molecule has 1 aliphatic rings. The fourth-order valence-electron chi connectivity index (χ4n) is 1.98. The average Bonchev–Trinajstić information content (AvgIpc) is 3.14. The van der Waals surface area contributed by atoms with Gasteiger partial charge in [0.2, 0.25) is 0 Å². The van der Waals surface area contributed by atoms with E-state index in [1.807, 2.05) is 38.1 Å². The van der Waals surface area contributed by atoms with Crippen molar-refractivity contribution in [1.29, 1.82) is 0 Å². The number of hydrogen-bond acceptors (Lipinski definition) is 5. The van der Waals surface area contributed by atoms with Crippen molar-refractivity contribution in [3.05, 3.63) is 30.1 Å². The molecule has 0 amide bonds. The van der Waals surface area contributed by atoms with Crippen LogP contribution < -0.4 is 10.1 Å². The van der Waals surface area contributed by atoms with Crippen molar-refractivity contribution >= 4 is 0 Å². The summed E-state index contributed by atoms with van der Waals surface area (Å²) in [5.74, 6) is 1.68. The average molecular weight is 273 g/mol. The summed E-state index contributed by atoms with van der Waals surface area (Å²) in [5.41, 5.74) is 0.943. The topological polar surface area (TPSA) is 64.9 Å². The Morgan fingerprint density at radius 2 is 2.05 bits per heavy atom. The quantitative estimate of drug-likeness (QED) is 0.868. The van der Waals surface area contributed by atoms with Gasteiger partial charge in [0.15, 0.2) is 5.82 Å². The predicted octanol–water partition coefficient (Wildman–Crippen LogP) is 1.70. The Bertz CT molecular complexity index is 559. The fraction of sp³-hybridized carbons (Fsp3) is 0.500. The van der Waals surface area contributed by atoms with Gasteiger partial charge in [0.1, 0.15) is 5.75 Å². The Labute approximate surface area is 118 Å². The van der Waals surface area contributed by atoms with Gasteiger partial charge in [-0.2, -0.15) is 4.68 Å². The summed E-state index contributed by atoms with van der Waals surface area (Å²) in [5, 5.41) is 15.3. The molecule has 20 heavy (non-hydrogen) atoms. The zero-order valence-corrected chi connectivity index (χ0v) is 11.8. The maximum atomic E-state index is 5.63.